The molecule has 0 aliphatic heterocycles. The summed E-state index contributed by atoms with van der Waals surface area (Å²) < 4.78 is 10.6. The summed E-state index contributed by atoms with van der Waals surface area (Å²) in [5, 5.41) is 11.0. The van der Waals surface area contributed by atoms with E-state index in [9.17, 15) is 9.59 Å². The summed E-state index contributed by atoms with van der Waals surface area (Å²) in [7, 11) is 1.62. The van der Waals surface area contributed by atoms with Crippen LogP contribution in [0.1, 0.15) is 32.8 Å². The molecule has 0 spiro atoms. The van der Waals surface area contributed by atoms with Crippen molar-refractivity contribution in [3.05, 3.63) is 42.0 Å². The molecular formula is C20H25NO5. The van der Waals surface area contributed by atoms with Gasteiger partial charge < -0.3 is 19.5 Å². The third kappa shape index (κ3) is 5.65. The van der Waals surface area contributed by atoms with Crippen molar-refractivity contribution in [3.63, 3.8) is 0 Å². The zero-order chi connectivity index (χ0) is 19.3. The zero-order valence-electron chi connectivity index (χ0n) is 15.6. The molecule has 0 radical (unpaired) electrons. The minimum Gasteiger partial charge on any atom is -0.497 e. The van der Waals surface area contributed by atoms with Crippen LogP contribution in [0.25, 0.3) is 10.8 Å². The highest BCUT2D eigenvalue weighted by Crippen LogP contribution is 2.23. The van der Waals surface area contributed by atoms with Gasteiger partial charge in [-0.3, -0.25) is 4.79 Å². The number of benzene rings is 2. The first-order valence-electron chi connectivity index (χ1n) is 8.44. The SMILES string of the molecule is COc1ccc2cc(CN(CCC(=O)O)C(=O)OC(C)(C)C)ccc2c1. The fraction of sp³-hybridized carbons (Fsp3) is 0.400. The van der Waals surface area contributed by atoms with E-state index in [4.69, 9.17) is 14.6 Å². The van der Waals surface area contributed by atoms with E-state index in [-0.39, 0.29) is 19.5 Å². The Bertz CT molecular complexity index is 794. The Morgan fingerprint density at radius 3 is 2.35 bits per heavy atom. The summed E-state index contributed by atoms with van der Waals surface area (Å²) in [6.07, 6.45) is -0.655. The molecule has 26 heavy (non-hydrogen) atoms. The highest BCUT2D eigenvalue weighted by atomic mass is 16.6. The van der Waals surface area contributed by atoms with Crippen LogP contribution in [-0.4, -0.2) is 41.3 Å². The molecule has 1 amide bonds. The maximum Gasteiger partial charge on any atom is 0.410 e. The first-order valence-corrected chi connectivity index (χ1v) is 8.44. The van der Waals surface area contributed by atoms with Crippen molar-refractivity contribution < 1.29 is 24.2 Å². The van der Waals surface area contributed by atoms with E-state index in [0.29, 0.717) is 0 Å². The summed E-state index contributed by atoms with van der Waals surface area (Å²) in [6, 6.07) is 11.6. The number of nitrogens with zero attached hydrogens (tertiary/aromatic N) is 1. The monoisotopic (exact) mass is 359 g/mol. The summed E-state index contributed by atoms with van der Waals surface area (Å²) >= 11 is 0. The van der Waals surface area contributed by atoms with E-state index in [1.165, 1.54) is 4.90 Å². The number of rotatable bonds is 6. The lowest BCUT2D eigenvalue weighted by Gasteiger charge is -2.27. The zero-order valence-corrected chi connectivity index (χ0v) is 15.6. The smallest absolute Gasteiger partial charge is 0.410 e. The highest BCUT2D eigenvalue weighted by molar-refractivity contribution is 5.84. The maximum atomic E-state index is 12.4. The summed E-state index contributed by atoms with van der Waals surface area (Å²) in [5.74, 6) is -0.175. The molecule has 0 saturated heterocycles. The molecule has 0 unspecified atom stereocenters. The van der Waals surface area contributed by atoms with Crippen LogP contribution in [0.2, 0.25) is 0 Å². The van der Waals surface area contributed by atoms with Gasteiger partial charge in [-0.1, -0.05) is 18.2 Å². The Balaban J connectivity index is 2.21. The molecule has 2 aromatic carbocycles. The molecule has 0 atom stereocenters. The van der Waals surface area contributed by atoms with Gasteiger partial charge in [0.2, 0.25) is 0 Å². The minimum atomic E-state index is -0.954. The molecule has 6 heteroatoms. The molecule has 0 heterocycles. The maximum absolute atomic E-state index is 12.4. The molecule has 6 nitrogen and oxygen atoms in total. The Morgan fingerprint density at radius 2 is 1.73 bits per heavy atom. The van der Waals surface area contributed by atoms with Gasteiger partial charge in [-0.15, -0.1) is 0 Å². The van der Waals surface area contributed by atoms with E-state index >= 15 is 0 Å². The second-order valence-electron chi connectivity index (χ2n) is 7.09. The average molecular weight is 359 g/mol. The van der Waals surface area contributed by atoms with Crippen molar-refractivity contribution in [1.82, 2.24) is 4.90 Å². The number of carboxylic acids is 1. The Labute approximate surface area is 153 Å². The second-order valence-corrected chi connectivity index (χ2v) is 7.09. The second kappa shape index (κ2) is 8.08. The standard InChI is InChI=1S/C20H25NO5/c1-20(2,3)26-19(24)21(10-9-18(22)23)13-14-5-6-16-12-17(25-4)8-7-15(16)11-14/h5-8,11-12H,9-10,13H2,1-4H3,(H,22,23). The van der Waals surface area contributed by atoms with Gasteiger partial charge in [0.05, 0.1) is 13.5 Å². The van der Waals surface area contributed by atoms with E-state index in [0.717, 1.165) is 22.1 Å². The average Bonchev–Trinajstić information content (AvgIpc) is 2.56. The van der Waals surface area contributed by atoms with E-state index < -0.39 is 17.7 Å². The molecule has 0 fully saturated rings. The van der Waals surface area contributed by atoms with E-state index in [1.54, 1.807) is 27.9 Å². The molecule has 2 rings (SSSR count). The van der Waals surface area contributed by atoms with Crippen molar-refractivity contribution in [2.45, 2.75) is 39.3 Å². The fourth-order valence-electron chi connectivity index (χ4n) is 2.51. The Morgan fingerprint density at radius 1 is 1.08 bits per heavy atom. The van der Waals surface area contributed by atoms with Crippen LogP contribution in [0, 0.1) is 0 Å². The van der Waals surface area contributed by atoms with Crippen LogP contribution < -0.4 is 4.74 Å². The number of carbonyl (C=O) groups excluding carboxylic acids is 1. The van der Waals surface area contributed by atoms with Crippen LogP contribution in [0.5, 0.6) is 5.75 Å². The first-order chi connectivity index (χ1) is 12.2. The normalized spacial score (nSPS) is 11.2. The predicted molar refractivity (Wildman–Crippen MR) is 99.4 cm³/mol. The van der Waals surface area contributed by atoms with Gasteiger partial charge in [-0.2, -0.15) is 0 Å². The third-order valence-corrected chi connectivity index (χ3v) is 3.73. The van der Waals surface area contributed by atoms with Gasteiger partial charge in [-0.25, -0.2) is 4.79 Å². The van der Waals surface area contributed by atoms with Crippen molar-refractivity contribution in [2.75, 3.05) is 13.7 Å². The van der Waals surface area contributed by atoms with Crippen molar-refractivity contribution in [2.24, 2.45) is 0 Å². The number of methoxy groups -OCH3 is 1. The van der Waals surface area contributed by atoms with Crippen LogP contribution in [0.15, 0.2) is 36.4 Å². The third-order valence-electron chi connectivity index (χ3n) is 3.73. The number of aliphatic carboxylic acids is 1. The Kier molecular flexibility index (Phi) is 6.08. The molecule has 0 bridgehead atoms. The molecule has 1 N–H and O–H groups in total. The highest BCUT2D eigenvalue weighted by Gasteiger charge is 2.23. The number of carbonyl (C=O) groups is 2. The predicted octanol–water partition coefficient (Wildman–Crippen LogP) is 4.06. The van der Waals surface area contributed by atoms with Gasteiger partial charge in [-0.05, 0) is 55.3 Å². The molecule has 140 valence electrons. The lowest BCUT2D eigenvalue weighted by Crippen LogP contribution is -2.37. The fourth-order valence-corrected chi connectivity index (χ4v) is 2.51. The van der Waals surface area contributed by atoms with Crippen LogP contribution in [0.4, 0.5) is 4.79 Å². The van der Waals surface area contributed by atoms with E-state index in [2.05, 4.69) is 0 Å². The van der Waals surface area contributed by atoms with Crippen molar-refractivity contribution >= 4 is 22.8 Å². The van der Waals surface area contributed by atoms with Gasteiger partial charge in [0, 0.05) is 13.1 Å². The van der Waals surface area contributed by atoms with Crippen molar-refractivity contribution in [3.8, 4) is 5.75 Å². The molecule has 0 aliphatic rings. The van der Waals surface area contributed by atoms with Gasteiger partial charge in [0.1, 0.15) is 11.4 Å². The summed E-state index contributed by atoms with van der Waals surface area (Å²) in [6.45, 7) is 5.71. The quantitative estimate of drug-likeness (QED) is 0.842. The molecule has 0 aliphatic carbocycles. The largest absolute Gasteiger partial charge is 0.497 e. The number of amides is 1. The topological polar surface area (TPSA) is 76.1 Å². The number of ether oxygens (including phenoxy) is 2. The number of fused-ring (bicyclic) bond motifs is 1. The van der Waals surface area contributed by atoms with Gasteiger partial charge in [0.25, 0.3) is 0 Å². The summed E-state index contributed by atoms with van der Waals surface area (Å²) in [4.78, 5) is 24.7. The lowest BCUT2D eigenvalue weighted by molar-refractivity contribution is -0.137. The number of hydrogen-bond acceptors (Lipinski definition) is 4. The first kappa shape index (κ1) is 19.6. The molecule has 2 aromatic rings. The number of carboxylic acid groups (broad SMARTS) is 1. The van der Waals surface area contributed by atoms with Crippen LogP contribution >= 0.6 is 0 Å². The minimum absolute atomic E-state index is 0.0882. The lowest BCUT2D eigenvalue weighted by atomic mass is 10.1. The number of hydrogen-bond donors (Lipinski definition) is 1. The molecule has 0 aromatic heterocycles. The summed E-state index contributed by atoms with van der Waals surface area (Å²) in [5.41, 5.74) is 0.261. The Hall–Kier alpha value is -2.76. The molecule has 0 saturated carbocycles. The molecular weight excluding hydrogens is 334 g/mol. The van der Waals surface area contributed by atoms with Gasteiger partial charge >= 0.3 is 12.1 Å². The van der Waals surface area contributed by atoms with Crippen molar-refractivity contribution in [1.29, 1.82) is 0 Å². The van der Waals surface area contributed by atoms with Crippen LogP contribution in [-0.2, 0) is 16.1 Å². The van der Waals surface area contributed by atoms with Crippen LogP contribution in [0.3, 0.4) is 0 Å². The van der Waals surface area contributed by atoms with E-state index in [1.807, 2.05) is 36.4 Å². The van der Waals surface area contributed by atoms with Gasteiger partial charge in [0.15, 0.2) is 0 Å².